The van der Waals surface area contributed by atoms with Crippen molar-refractivity contribution < 1.29 is 9.53 Å². The fourth-order valence-electron chi connectivity index (χ4n) is 1.53. The van der Waals surface area contributed by atoms with Crippen molar-refractivity contribution >= 4 is 28.9 Å². The first kappa shape index (κ1) is 14.7. The average Bonchev–Trinajstić information content (AvgIpc) is 2.54. The maximum atomic E-state index is 11.8. The zero-order valence-corrected chi connectivity index (χ0v) is 12.1. The van der Waals surface area contributed by atoms with Crippen LogP contribution in [0.4, 0.5) is 5.69 Å². The topological polar surface area (TPSA) is 75.3 Å². The molecule has 6 nitrogen and oxygen atoms in total. The summed E-state index contributed by atoms with van der Waals surface area (Å²) in [5.41, 5.74) is 6.40. The fraction of sp³-hybridized carbons (Fsp3) is 0.0714. The number of pyridine rings is 1. The number of carbonyl (C=O) groups is 1. The monoisotopic (exact) mass is 302 g/mol. The largest absolute Gasteiger partial charge is 0.497 e. The number of anilines is 1. The summed E-state index contributed by atoms with van der Waals surface area (Å²) in [5.74, 6) is 0.460. The predicted octanol–water partition coefficient (Wildman–Crippen LogP) is 1.72. The molecular formula is C14H14N4O2S. The van der Waals surface area contributed by atoms with Gasteiger partial charge in [0.1, 0.15) is 5.75 Å². The van der Waals surface area contributed by atoms with Gasteiger partial charge in [-0.05, 0) is 48.6 Å². The van der Waals surface area contributed by atoms with Crippen molar-refractivity contribution in [2.24, 2.45) is 0 Å². The van der Waals surface area contributed by atoms with Gasteiger partial charge in [-0.1, -0.05) is 0 Å². The van der Waals surface area contributed by atoms with E-state index < -0.39 is 0 Å². The molecule has 0 saturated heterocycles. The summed E-state index contributed by atoms with van der Waals surface area (Å²) in [6.45, 7) is 0. The van der Waals surface area contributed by atoms with Gasteiger partial charge in [0.25, 0.3) is 5.91 Å². The number of nitrogens with zero attached hydrogens (tertiary/aromatic N) is 1. The fourth-order valence-corrected chi connectivity index (χ4v) is 1.69. The number of hydrogen-bond acceptors (Lipinski definition) is 4. The minimum absolute atomic E-state index is 0.280. The van der Waals surface area contributed by atoms with Gasteiger partial charge in [-0.25, -0.2) is 0 Å². The second-order valence-electron chi connectivity index (χ2n) is 4.00. The van der Waals surface area contributed by atoms with Gasteiger partial charge in [-0.15, -0.1) is 0 Å². The standard InChI is InChI=1S/C14H14N4O2S/c1-20-12-4-2-11(3-5-12)16-14(21)18-17-13(19)10-6-8-15-9-7-10/h2-9H,1H3,(H,17,19)(H2,16,18,21). The van der Waals surface area contributed by atoms with Crippen LogP contribution in [0.25, 0.3) is 0 Å². The van der Waals surface area contributed by atoms with Gasteiger partial charge in [0.2, 0.25) is 0 Å². The van der Waals surface area contributed by atoms with Crippen LogP contribution < -0.4 is 20.9 Å². The number of nitrogens with one attached hydrogen (secondary N) is 3. The van der Waals surface area contributed by atoms with E-state index in [-0.39, 0.29) is 11.0 Å². The van der Waals surface area contributed by atoms with Crippen molar-refractivity contribution in [1.82, 2.24) is 15.8 Å². The molecule has 0 radical (unpaired) electrons. The molecule has 1 aromatic heterocycles. The maximum absolute atomic E-state index is 11.8. The Kier molecular flexibility index (Phi) is 5.05. The molecule has 21 heavy (non-hydrogen) atoms. The molecule has 3 N–H and O–H groups in total. The van der Waals surface area contributed by atoms with Crippen LogP contribution in [-0.4, -0.2) is 23.1 Å². The van der Waals surface area contributed by atoms with E-state index in [2.05, 4.69) is 21.2 Å². The van der Waals surface area contributed by atoms with Crippen LogP contribution in [0.2, 0.25) is 0 Å². The number of amides is 1. The second-order valence-corrected chi connectivity index (χ2v) is 4.41. The number of hydrazine groups is 1. The molecule has 0 unspecified atom stereocenters. The van der Waals surface area contributed by atoms with Gasteiger partial charge < -0.3 is 10.1 Å². The molecule has 0 bridgehead atoms. The van der Waals surface area contributed by atoms with Crippen LogP contribution >= 0.6 is 12.2 Å². The normalized spacial score (nSPS) is 9.57. The lowest BCUT2D eigenvalue weighted by Crippen LogP contribution is -2.43. The summed E-state index contributed by atoms with van der Waals surface area (Å²) in [6, 6.07) is 10.5. The van der Waals surface area contributed by atoms with E-state index in [0.717, 1.165) is 11.4 Å². The van der Waals surface area contributed by atoms with Crippen LogP contribution in [0.1, 0.15) is 10.4 Å². The van der Waals surface area contributed by atoms with E-state index in [1.54, 1.807) is 43.8 Å². The number of hydrogen-bond donors (Lipinski definition) is 3. The highest BCUT2D eigenvalue weighted by Gasteiger charge is 2.04. The highest BCUT2D eigenvalue weighted by molar-refractivity contribution is 7.80. The van der Waals surface area contributed by atoms with Crippen molar-refractivity contribution in [1.29, 1.82) is 0 Å². The lowest BCUT2D eigenvalue weighted by atomic mass is 10.3. The van der Waals surface area contributed by atoms with Crippen LogP contribution in [0.5, 0.6) is 5.75 Å². The van der Waals surface area contributed by atoms with Gasteiger partial charge in [0, 0.05) is 23.6 Å². The summed E-state index contributed by atoms with van der Waals surface area (Å²) < 4.78 is 5.06. The van der Waals surface area contributed by atoms with Crippen molar-refractivity contribution in [2.45, 2.75) is 0 Å². The SMILES string of the molecule is COc1ccc(NC(=S)NNC(=O)c2ccncc2)cc1. The van der Waals surface area contributed by atoms with E-state index in [4.69, 9.17) is 17.0 Å². The minimum Gasteiger partial charge on any atom is -0.497 e. The summed E-state index contributed by atoms with van der Waals surface area (Å²) in [7, 11) is 1.60. The average molecular weight is 302 g/mol. The molecule has 0 atom stereocenters. The Morgan fingerprint density at radius 2 is 1.76 bits per heavy atom. The quantitative estimate of drug-likeness (QED) is 0.592. The first-order valence-electron chi connectivity index (χ1n) is 6.10. The van der Waals surface area contributed by atoms with Crippen molar-refractivity contribution in [3.63, 3.8) is 0 Å². The third kappa shape index (κ3) is 4.43. The Morgan fingerprint density at radius 3 is 2.38 bits per heavy atom. The molecule has 2 aromatic rings. The Bertz CT molecular complexity index is 617. The first-order chi connectivity index (χ1) is 10.2. The molecule has 0 aliphatic carbocycles. The van der Waals surface area contributed by atoms with Gasteiger partial charge in [0.05, 0.1) is 7.11 Å². The smallest absolute Gasteiger partial charge is 0.269 e. The van der Waals surface area contributed by atoms with Crippen LogP contribution in [0.3, 0.4) is 0 Å². The van der Waals surface area contributed by atoms with E-state index in [1.807, 2.05) is 12.1 Å². The molecule has 0 spiro atoms. The number of methoxy groups -OCH3 is 1. The molecule has 0 aliphatic heterocycles. The highest BCUT2D eigenvalue weighted by Crippen LogP contribution is 2.14. The summed E-state index contributed by atoms with van der Waals surface area (Å²) in [5, 5.41) is 3.22. The molecule has 2 rings (SSSR count). The number of carbonyl (C=O) groups excluding carboxylic acids is 1. The highest BCUT2D eigenvalue weighted by atomic mass is 32.1. The van der Waals surface area contributed by atoms with Gasteiger partial charge in [-0.3, -0.25) is 20.6 Å². The zero-order chi connectivity index (χ0) is 15.1. The van der Waals surface area contributed by atoms with Crippen LogP contribution in [-0.2, 0) is 0 Å². The molecule has 1 amide bonds. The Morgan fingerprint density at radius 1 is 1.10 bits per heavy atom. The lowest BCUT2D eigenvalue weighted by molar-refractivity contribution is 0.0944. The van der Waals surface area contributed by atoms with E-state index in [9.17, 15) is 4.79 Å². The van der Waals surface area contributed by atoms with Crippen molar-refractivity contribution in [2.75, 3.05) is 12.4 Å². The molecule has 0 fully saturated rings. The number of aromatic nitrogens is 1. The summed E-state index contributed by atoms with van der Waals surface area (Å²) >= 11 is 5.09. The molecular weight excluding hydrogens is 288 g/mol. The van der Waals surface area contributed by atoms with Crippen LogP contribution in [0.15, 0.2) is 48.8 Å². The summed E-state index contributed by atoms with van der Waals surface area (Å²) in [6.07, 6.45) is 3.09. The van der Waals surface area contributed by atoms with E-state index in [0.29, 0.717) is 5.56 Å². The second kappa shape index (κ2) is 7.20. The minimum atomic E-state index is -0.295. The Labute approximate surface area is 127 Å². The van der Waals surface area contributed by atoms with Gasteiger partial charge >= 0.3 is 0 Å². The first-order valence-corrected chi connectivity index (χ1v) is 6.51. The molecule has 0 saturated carbocycles. The zero-order valence-electron chi connectivity index (χ0n) is 11.3. The molecule has 7 heteroatoms. The lowest BCUT2D eigenvalue weighted by Gasteiger charge is -2.11. The molecule has 1 heterocycles. The number of benzene rings is 1. The van der Waals surface area contributed by atoms with Crippen molar-refractivity contribution in [3.05, 3.63) is 54.4 Å². The molecule has 1 aromatic carbocycles. The van der Waals surface area contributed by atoms with Crippen molar-refractivity contribution in [3.8, 4) is 5.75 Å². The van der Waals surface area contributed by atoms with Crippen LogP contribution in [0, 0.1) is 0 Å². The summed E-state index contributed by atoms with van der Waals surface area (Å²) in [4.78, 5) is 15.6. The Balaban J connectivity index is 1.83. The maximum Gasteiger partial charge on any atom is 0.269 e. The molecule has 108 valence electrons. The number of rotatable bonds is 3. The van der Waals surface area contributed by atoms with E-state index >= 15 is 0 Å². The third-order valence-electron chi connectivity index (χ3n) is 2.58. The van der Waals surface area contributed by atoms with Gasteiger partial charge in [0.15, 0.2) is 5.11 Å². The Hall–Kier alpha value is -2.67. The van der Waals surface area contributed by atoms with Gasteiger partial charge in [-0.2, -0.15) is 0 Å². The predicted molar refractivity (Wildman–Crippen MR) is 84.1 cm³/mol. The molecule has 0 aliphatic rings. The number of thiocarbonyl (C=S) groups is 1. The third-order valence-corrected chi connectivity index (χ3v) is 2.78. The number of ether oxygens (including phenoxy) is 1. The van der Waals surface area contributed by atoms with E-state index in [1.165, 1.54) is 0 Å².